The van der Waals surface area contributed by atoms with Gasteiger partial charge in [0, 0.05) is 38.5 Å². The van der Waals surface area contributed by atoms with Crippen molar-refractivity contribution in [2.24, 2.45) is 0 Å². The zero-order valence-corrected chi connectivity index (χ0v) is 15.0. The van der Waals surface area contributed by atoms with Crippen LogP contribution in [0.2, 0.25) is 0 Å². The Morgan fingerprint density at radius 1 is 1.24 bits per heavy atom. The van der Waals surface area contributed by atoms with Crippen molar-refractivity contribution in [2.45, 2.75) is 26.3 Å². The Bertz CT molecular complexity index is 724. The smallest absolute Gasteiger partial charge is 0.227 e. The number of nitrogens with zero attached hydrogens (tertiary/aromatic N) is 5. The van der Waals surface area contributed by atoms with Gasteiger partial charge in [0.2, 0.25) is 5.88 Å². The number of aryl methyl sites for hydroxylation is 1. The van der Waals surface area contributed by atoms with Crippen molar-refractivity contribution in [1.29, 1.82) is 0 Å². The summed E-state index contributed by atoms with van der Waals surface area (Å²) in [6, 6.07) is 4.05. The number of anilines is 1. The number of rotatable bonds is 5. The molecule has 134 valence electrons. The molecule has 3 rings (SSSR count). The second-order valence-electron chi connectivity index (χ2n) is 6.41. The maximum absolute atomic E-state index is 9.29. The maximum atomic E-state index is 9.29. The van der Waals surface area contributed by atoms with Gasteiger partial charge in [-0.1, -0.05) is 0 Å². The summed E-state index contributed by atoms with van der Waals surface area (Å²) in [5.74, 6) is 2.15. The summed E-state index contributed by atoms with van der Waals surface area (Å²) in [6.07, 6.45) is 4.05. The van der Waals surface area contributed by atoms with Crippen LogP contribution in [-0.4, -0.2) is 64.3 Å². The molecule has 0 spiro atoms. The fourth-order valence-electron chi connectivity index (χ4n) is 3.13. The molecule has 0 aliphatic carbocycles. The van der Waals surface area contributed by atoms with Crippen LogP contribution in [0.4, 0.5) is 5.82 Å². The van der Waals surface area contributed by atoms with Gasteiger partial charge in [-0.3, -0.25) is 9.88 Å². The molecule has 1 aliphatic rings. The third-order valence-corrected chi connectivity index (χ3v) is 4.72. The highest BCUT2D eigenvalue weighted by Gasteiger charge is 2.26. The van der Waals surface area contributed by atoms with E-state index in [1.165, 1.54) is 0 Å². The van der Waals surface area contributed by atoms with Crippen LogP contribution in [0.3, 0.4) is 0 Å². The van der Waals surface area contributed by atoms with E-state index in [0.29, 0.717) is 17.7 Å². The van der Waals surface area contributed by atoms with E-state index in [4.69, 9.17) is 4.74 Å². The molecule has 1 atom stereocenters. The minimum atomic E-state index is 0.195. The van der Waals surface area contributed by atoms with E-state index < -0.39 is 0 Å². The molecule has 0 saturated carbocycles. The second kappa shape index (κ2) is 7.76. The van der Waals surface area contributed by atoms with Crippen LogP contribution >= 0.6 is 0 Å². The minimum Gasteiger partial charge on any atom is -0.437 e. The third-order valence-electron chi connectivity index (χ3n) is 4.72. The van der Waals surface area contributed by atoms with Crippen molar-refractivity contribution in [3.05, 3.63) is 35.9 Å². The summed E-state index contributed by atoms with van der Waals surface area (Å²) < 4.78 is 5.98. The number of hydrogen-bond acceptors (Lipinski definition) is 7. The molecule has 0 radical (unpaired) electrons. The molecule has 2 aromatic rings. The highest BCUT2D eigenvalue weighted by Crippen LogP contribution is 2.30. The van der Waals surface area contributed by atoms with Gasteiger partial charge in [-0.05, 0) is 39.4 Å². The molecule has 0 aromatic carbocycles. The fourth-order valence-corrected chi connectivity index (χ4v) is 3.13. The Morgan fingerprint density at radius 2 is 2.08 bits per heavy atom. The normalized spacial score (nSPS) is 18.4. The van der Waals surface area contributed by atoms with Crippen molar-refractivity contribution in [3.8, 4) is 11.6 Å². The molecule has 2 aromatic heterocycles. The van der Waals surface area contributed by atoms with Crippen LogP contribution in [0.1, 0.15) is 17.7 Å². The highest BCUT2D eigenvalue weighted by atomic mass is 16.5. The van der Waals surface area contributed by atoms with Gasteiger partial charge >= 0.3 is 0 Å². The van der Waals surface area contributed by atoms with Gasteiger partial charge in [0.1, 0.15) is 12.1 Å². The van der Waals surface area contributed by atoms with Crippen LogP contribution in [0.25, 0.3) is 0 Å². The van der Waals surface area contributed by atoms with E-state index in [0.717, 1.165) is 43.1 Å². The molecule has 3 heterocycles. The Kier molecular flexibility index (Phi) is 5.45. The first-order valence-electron chi connectivity index (χ1n) is 8.57. The van der Waals surface area contributed by atoms with Crippen LogP contribution in [0.5, 0.6) is 11.6 Å². The van der Waals surface area contributed by atoms with Crippen molar-refractivity contribution >= 4 is 5.82 Å². The van der Waals surface area contributed by atoms with E-state index >= 15 is 0 Å². The predicted molar refractivity (Wildman–Crippen MR) is 96.2 cm³/mol. The zero-order valence-electron chi connectivity index (χ0n) is 15.0. The van der Waals surface area contributed by atoms with E-state index in [2.05, 4.69) is 31.8 Å². The van der Waals surface area contributed by atoms with Crippen molar-refractivity contribution < 1.29 is 9.84 Å². The summed E-state index contributed by atoms with van der Waals surface area (Å²) in [6.45, 7) is 6.75. The number of piperazine rings is 1. The maximum Gasteiger partial charge on any atom is 0.227 e. The standard InChI is InChI=1S/C18H25N5O2/c1-13-17(23-9-8-22(3)15(11-23)6-10-24)20-12-21-18(13)25-16-5-4-7-19-14(16)2/h4-5,7,12,15,24H,6,8-11H2,1-3H3/t15-/m1/s1. The lowest BCUT2D eigenvalue weighted by molar-refractivity contribution is 0.170. The van der Waals surface area contributed by atoms with Gasteiger partial charge in [-0.2, -0.15) is 0 Å². The van der Waals surface area contributed by atoms with E-state index in [1.807, 2.05) is 26.0 Å². The molecule has 0 amide bonds. The quantitative estimate of drug-likeness (QED) is 0.887. The zero-order chi connectivity index (χ0) is 17.8. The Balaban J connectivity index is 1.82. The van der Waals surface area contributed by atoms with Crippen molar-refractivity contribution in [3.63, 3.8) is 0 Å². The van der Waals surface area contributed by atoms with Gasteiger partial charge in [0.15, 0.2) is 5.75 Å². The number of aliphatic hydroxyl groups is 1. The van der Waals surface area contributed by atoms with Crippen LogP contribution in [0.15, 0.2) is 24.7 Å². The summed E-state index contributed by atoms with van der Waals surface area (Å²) in [4.78, 5) is 17.6. The van der Waals surface area contributed by atoms with Crippen molar-refractivity contribution in [1.82, 2.24) is 19.9 Å². The third kappa shape index (κ3) is 3.88. The molecule has 7 nitrogen and oxygen atoms in total. The average Bonchev–Trinajstić information content (AvgIpc) is 2.61. The molecule has 7 heteroatoms. The Labute approximate surface area is 148 Å². The summed E-state index contributed by atoms with van der Waals surface area (Å²) in [5.41, 5.74) is 1.74. The summed E-state index contributed by atoms with van der Waals surface area (Å²) >= 11 is 0. The van der Waals surface area contributed by atoms with E-state index in [9.17, 15) is 5.11 Å². The van der Waals surface area contributed by atoms with Gasteiger partial charge in [-0.15, -0.1) is 0 Å². The van der Waals surface area contributed by atoms with Crippen molar-refractivity contribution in [2.75, 3.05) is 38.2 Å². The number of aliphatic hydroxyl groups excluding tert-OH is 1. The van der Waals surface area contributed by atoms with Crippen LogP contribution in [-0.2, 0) is 0 Å². The number of aromatic nitrogens is 3. The largest absolute Gasteiger partial charge is 0.437 e. The first-order chi connectivity index (χ1) is 12.1. The summed E-state index contributed by atoms with van der Waals surface area (Å²) in [5, 5.41) is 9.29. The SMILES string of the molecule is Cc1ncccc1Oc1ncnc(N2CCN(C)[C@H](CCO)C2)c1C. The van der Waals surface area contributed by atoms with Crippen LogP contribution < -0.4 is 9.64 Å². The Morgan fingerprint density at radius 3 is 2.84 bits per heavy atom. The highest BCUT2D eigenvalue weighted by molar-refractivity contribution is 5.51. The molecule has 0 unspecified atom stereocenters. The number of pyridine rings is 1. The van der Waals surface area contributed by atoms with E-state index in [1.54, 1.807) is 12.5 Å². The molecule has 25 heavy (non-hydrogen) atoms. The van der Waals surface area contributed by atoms with E-state index in [-0.39, 0.29) is 6.61 Å². The van der Waals surface area contributed by atoms with Gasteiger partial charge in [-0.25, -0.2) is 9.97 Å². The second-order valence-corrected chi connectivity index (χ2v) is 6.41. The molecule has 1 fully saturated rings. The van der Waals surface area contributed by atoms with Crippen LogP contribution in [0, 0.1) is 13.8 Å². The fraction of sp³-hybridized carbons (Fsp3) is 0.500. The minimum absolute atomic E-state index is 0.195. The molecular formula is C18H25N5O2. The number of likely N-dealkylation sites (N-methyl/N-ethyl adjacent to an activating group) is 1. The number of hydrogen-bond donors (Lipinski definition) is 1. The first-order valence-corrected chi connectivity index (χ1v) is 8.57. The molecule has 1 aliphatic heterocycles. The molecular weight excluding hydrogens is 318 g/mol. The average molecular weight is 343 g/mol. The topological polar surface area (TPSA) is 74.6 Å². The first kappa shape index (κ1) is 17.6. The monoisotopic (exact) mass is 343 g/mol. The predicted octanol–water partition coefficient (Wildman–Crippen LogP) is 1.78. The van der Waals surface area contributed by atoms with Gasteiger partial charge in [0.05, 0.1) is 11.3 Å². The van der Waals surface area contributed by atoms with Gasteiger partial charge in [0.25, 0.3) is 0 Å². The summed E-state index contributed by atoms with van der Waals surface area (Å²) in [7, 11) is 2.10. The lowest BCUT2D eigenvalue weighted by Gasteiger charge is -2.40. The molecule has 1 saturated heterocycles. The van der Waals surface area contributed by atoms with Gasteiger partial charge < -0.3 is 14.7 Å². The molecule has 0 bridgehead atoms. The number of ether oxygens (including phenoxy) is 1. The lowest BCUT2D eigenvalue weighted by Crippen LogP contribution is -2.52. The molecule has 1 N–H and O–H groups in total. The lowest BCUT2D eigenvalue weighted by atomic mass is 10.1. The Hall–Kier alpha value is -2.25.